The van der Waals surface area contributed by atoms with Gasteiger partial charge >= 0.3 is 5.97 Å². The molecular weight excluding hydrogens is 446 g/mol. The van der Waals surface area contributed by atoms with Gasteiger partial charge in [-0.05, 0) is 30.2 Å². The van der Waals surface area contributed by atoms with Gasteiger partial charge < -0.3 is 4.74 Å². The molecule has 0 aliphatic carbocycles. The topological polar surface area (TPSA) is 55.7 Å². The third kappa shape index (κ3) is 4.76. The Hall–Kier alpha value is -4.31. The number of rotatable bonds is 8. The van der Waals surface area contributed by atoms with Crippen LogP contribution >= 0.6 is 0 Å². The minimum Gasteiger partial charge on any atom is -0.405 e. The van der Waals surface area contributed by atoms with Crippen LogP contribution in [0.2, 0.25) is 0 Å². The molecule has 0 N–H and O–H groups in total. The Morgan fingerprint density at radius 2 is 1.39 bits per heavy atom. The minimum absolute atomic E-state index is 0.0348. The summed E-state index contributed by atoms with van der Waals surface area (Å²) in [6.45, 7) is 1.99. The second-order valence-corrected chi connectivity index (χ2v) is 9.22. The van der Waals surface area contributed by atoms with Crippen molar-refractivity contribution in [2.45, 2.75) is 31.2 Å². The van der Waals surface area contributed by atoms with Gasteiger partial charge in [0.25, 0.3) is 0 Å². The van der Waals surface area contributed by atoms with Crippen molar-refractivity contribution in [1.29, 1.82) is 0 Å². The van der Waals surface area contributed by atoms with Crippen LogP contribution in [-0.2, 0) is 16.0 Å². The lowest BCUT2D eigenvalue weighted by Gasteiger charge is -2.32. The highest BCUT2D eigenvalue weighted by atomic mass is 16.6. The average Bonchev–Trinajstić information content (AvgIpc) is 3.25. The summed E-state index contributed by atoms with van der Waals surface area (Å²) in [5.74, 6) is -0.690. The largest absolute Gasteiger partial charge is 0.405 e. The Morgan fingerprint density at radius 1 is 0.806 bits per heavy atom. The van der Waals surface area contributed by atoms with Crippen LogP contribution in [0.15, 0.2) is 120 Å². The molecule has 5 rings (SSSR count). The van der Waals surface area contributed by atoms with E-state index < -0.39 is 17.4 Å². The molecule has 2 atom stereocenters. The van der Waals surface area contributed by atoms with E-state index in [0.717, 1.165) is 22.3 Å². The van der Waals surface area contributed by atoms with Gasteiger partial charge in [0.1, 0.15) is 0 Å². The van der Waals surface area contributed by atoms with E-state index in [-0.39, 0.29) is 12.2 Å². The average molecular weight is 474 g/mol. The van der Waals surface area contributed by atoms with Crippen molar-refractivity contribution < 1.29 is 14.3 Å². The molecule has 4 aromatic rings. The number of aryl methyl sites for hydroxylation is 1. The summed E-state index contributed by atoms with van der Waals surface area (Å²) >= 11 is 0. The molecule has 0 saturated carbocycles. The molecule has 0 bridgehead atoms. The van der Waals surface area contributed by atoms with Crippen LogP contribution in [-0.4, -0.2) is 23.2 Å². The first-order valence-corrected chi connectivity index (χ1v) is 12.1. The summed E-state index contributed by atoms with van der Waals surface area (Å²) in [5, 5.41) is 0. The Kier molecular flexibility index (Phi) is 6.59. The molecular formula is C32H27NO3. The third-order valence-corrected chi connectivity index (χ3v) is 6.72. The van der Waals surface area contributed by atoms with E-state index in [4.69, 9.17) is 9.73 Å². The number of aliphatic imine (C=N–C) groups is 1. The molecule has 0 radical (unpaired) electrons. The Labute approximate surface area is 211 Å². The normalized spacial score (nSPS) is 17.8. The van der Waals surface area contributed by atoms with Crippen molar-refractivity contribution in [2.75, 3.05) is 0 Å². The molecule has 36 heavy (non-hydrogen) atoms. The Morgan fingerprint density at radius 3 is 2.03 bits per heavy atom. The highest BCUT2D eigenvalue weighted by Gasteiger charge is 2.53. The molecule has 0 unspecified atom stereocenters. The number of esters is 1. The van der Waals surface area contributed by atoms with E-state index in [9.17, 15) is 9.59 Å². The number of ketones is 1. The first-order chi connectivity index (χ1) is 17.5. The zero-order chi connectivity index (χ0) is 25.0. The Balaban J connectivity index is 1.64. The lowest BCUT2D eigenvalue weighted by atomic mass is 9.73. The predicted octanol–water partition coefficient (Wildman–Crippen LogP) is 6.34. The van der Waals surface area contributed by atoms with Gasteiger partial charge in [0.05, 0.1) is 0 Å². The molecule has 178 valence electrons. The van der Waals surface area contributed by atoms with Crippen LogP contribution in [0.3, 0.4) is 0 Å². The highest BCUT2D eigenvalue weighted by molar-refractivity contribution is 6.09. The summed E-state index contributed by atoms with van der Waals surface area (Å²) in [4.78, 5) is 32.4. The number of Topliss-reactive ketones (excluding diaryl/α,β-unsaturated/α-hetero) is 1. The first-order valence-electron chi connectivity index (χ1n) is 12.1. The van der Waals surface area contributed by atoms with E-state index in [0.29, 0.717) is 17.9 Å². The lowest BCUT2D eigenvalue weighted by molar-refractivity contribution is -0.139. The number of carbonyl (C=O) groups is 2. The number of hydrogen-bond acceptors (Lipinski definition) is 4. The number of ether oxygens (including phenoxy) is 1. The second-order valence-electron chi connectivity index (χ2n) is 9.22. The number of nitrogens with zero attached hydrogens (tertiary/aromatic N) is 1. The summed E-state index contributed by atoms with van der Waals surface area (Å²) in [5.41, 5.74) is 2.99. The van der Waals surface area contributed by atoms with E-state index in [1.807, 2.05) is 122 Å². The molecule has 0 saturated heterocycles. The van der Waals surface area contributed by atoms with Gasteiger partial charge in [0.2, 0.25) is 5.90 Å². The molecule has 0 spiro atoms. The van der Waals surface area contributed by atoms with Crippen molar-refractivity contribution in [3.8, 4) is 0 Å². The van der Waals surface area contributed by atoms with E-state index >= 15 is 0 Å². The Bertz CT molecular complexity index is 1380. The number of carbonyl (C=O) groups excluding carboxylic acids is 2. The van der Waals surface area contributed by atoms with Crippen LogP contribution < -0.4 is 0 Å². The maximum atomic E-state index is 13.8. The van der Waals surface area contributed by atoms with Crippen LogP contribution in [0.4, 0.5) is 0 Å². The fourth-order valence-electron chi connectivity index (χ4n) is 4.78. The molecule has 1 aliphatic heterocycles. The fourth-order valence-corrected chi connectivity index (χ4v) is 4.78. The minimum atomic E-state index is -1.28. The van der Waals surface area contributed by atoms with Crippen LogP contribution in [0.5, 0.6) is 0 Å². The maximum Gasteiger partial charge on any atom is 0.341 e. The summed E-state index contributed by atoms with van der Waals surface area (Å²) in [7, 11) is 0. The summed E-state index contributed by atoms with van der Waals surface area (Å²) in [6, 6.07) is 36.5. The maximum absolute atomic E-state index is 13.8. The van der Waals surface area contributed by atoms with Gasteiger partial charge in [-0.1, -0.05) is 109 Å². The SMILES string of the molecule is Cc1ccc(C(=O)C[C@H](c2ccccc2)[C@@]2(Cc3ccccc3)N=C(c3ccccc3)OC2=O)cc1. The highest BCUT2D eigenvalue weighted by Crippen LogP contribution is 2.42. The monoisotopic (exact) mass is 473 g/mol. The van der Waals surface area contributed by atoms with E-state index in [1.165, 1.54) is 0 Å². The lowest BCUT2D eigenvalue weighted by Crippen LogP contribution is -2.43. The molecule has 4 heteroatoms. The van der Waals surface area contributed by atoms with Crippen LogP contribution in [0.25, 0.3) is 0 Å². The molecule has 0 aromatic heterocycles. The molecule has 0 fully saturated rings. The predicted molar refractivity (Wildman–Crippen MR) is 141 cm³/mol. The molecule has 4 nitrogen and oxygen atoms in total. The number of benzene rings is 4. The van der Waals surface area contributed by atoms with Crippen molar-refractivity contribution >= 4 is 17.7 Å². The quantitative estimate of drug-likeness (QED) is 0.222. The van der Waals surface area contributed by atoms with Crippen molar-refractivity contribution in [3.05, 3.63) is 143 Å². The first kappa shape index (κ1) is 23.4. The van der Waals surface area contributed by atoms with Gasteiger partial charge in [-0.3, -0.25) is 4.79 Å². The molecule has 0 amide bonds. The van der Waals surface area contributed by atoms with E-state index in [2.05, 4.69) is 0 Å². The zero-order valence-corrected chi connectivity index (χ0v) is 20.1. The van der Waals surface area contributed by atoms with E-state index in [1.54, 1.807) is 0 Å². The number of cyclic esters (lactones) is 1. The third-order valence-electron chi connectivity index (χ3n) is 6.72. The smallest absolute Gasteiger partial charge is 0.341 e. The van der Waals surface area contributed by atoms with Gasteiger partial charge in [-0.2, -0.15) is 0 Å². The molecule has 1 heterocycles. The van der Waals surface area contributed by atoms with Crippen molar-refractivity contribution in [3.63, 3.8) is 0 Å². The summed E-state index contributed by atoms with van der Waals surface area (Å²) in [6.07, 6.45) is 0.449. The van der Waals surface area contributed by atoms with Gasteiger partial charge in [-0.25, -0.2) is 9.79 Å². The van der Waals surface area contributed by atoms with Crippen molar-refractivity contribution in [1.82, 2.24) is 0 Å². The zero-order valence-electron chi connectivity index (χ0n) is 20.1. The summed E-state index contributed by atoms with van der Waals surface area (Å²) < 4.78 is 5.84. The molecule has 1 aliphatic rings. The van der Waals surface area contributed by atoms with Crippen molar-refractivity contribution in [2.24, 2.45) is 4.99 Å². The standard InChI is InChI=1S/C32H27NO3/c1-23-17-19-26(20-18-23)29(34)21-28(25-13-7-3-8-14-25)32(22-24-11-5-2-6-12-24)31(35)36-30(33-32)27-15-9-4-10-16-27/h2-20,28H,21-22H2,1H3/t28-,32-/m1/s1. The fraction of sp³-hybridized carbons (Fsp3) is 0.156. The van der Waals surface area contributed by atoms with Crippen LogP contribution in [0.1, 0.15) is 45.0 Å². The second kappa shape index (κ2) is 10.1. The van der Waals surface area contributed by atoms with Crippen LogP contribution in [0, 0.1) is 6.92 Å². The number of hydrogen-bond donors (Lipinski definition) is 0. The van der Waals surface area contributed by atoms with Gasteiger partial charge in [-0.15, -0.1) is 0 Å². The van der Waals surface area contributed by atoms with Gasteiger partial charge in [0, 0.05) is 29.9 Å². The van der Waals surface area contributed by atoms with Gasteiger partial charge in [0.15, 0.2) is 11.3 Å². The molecule has 4 aromatic carbocycles.